The van der Waals surface area contributed by atoms with Crippen LogP contribution >= 0.6 is 0 Å². The molecule has 0 heterocycles. The highest BCUT2D eigenvalue weighted by molar-refractivity contribution is 4.52. The maximum absolute atomic E-state index is 4.94. The molecular formula is C9H22N2O. The molecule has 0 fully saturated rings. The van der Waals surface area contributed by atoms with Gasteiger partial charge in [-0.1, -0.05) is 6.92 Å². The Balaban J connectivity index is 2.90. The van der Waals surface area contributed by atoms with E-state index < -0.39 is 0 Å². The number of ether oxygens (including phenoxy) is 1. The summed E-state index contributed by atoms with van der Waals surface area (Å²) in [6.45, 7) is 7.42. The second kappa shape index (κ2) is 8.97. The van der Waals surface area contributed by atoms with Crippen molar-refractivity contribution in [3.05, 3.63) is 0 Å². The van der Waals surface area contributed by atoms with Crippen LogP contribution in [0.1, 0.15) is 13.3 Å². The first kappa shape index (κ1) is 11.9. The molecule has 0 saturated carbocycles. The molecule has 0 aliphatic carbocycles. The van der Waals surface area contributed by atoms with Gasteiger partial charge in [-0.25, -0.2) is 0 Å². The van der Waals surface area contributed by atoms with Crippen molar-refractivity contribution in [1.82, 2.24) is 10.2 Å². The van der Waals surface area contributed by atoms with E-state index >= 15 is 0 Å². The minimum Gasteiger partial charge on any atom is -0.385 e. The Labute approximate surface area is 76.1 Å². The average molecular weight is 174 g/mol. The summed E-state index contributed by atoms with van der Waals surface area (Å²) in [4.78, 5) is 2.29. The highest BCUT2D eigenvalue weighted by atomic mass is 16.5. The molecule has 0 radical (unpaired) electrons. The number of hydrogen-bond donors (Lipinski definition) is 1. The first-order valence-electron chi connectivity index (χ1n) is 4.69. The molecule has 3 nitrogen and oxygen atoms in total. The second-order valence-corrected chi connectivity index (χ2v) is 2.99. The van der Waals surface area contributed by atoms with Crippen molar-refractivity contribution >= 4 is 0 Å². The van der Waals surface area contributed by atoms with Gasteiger partial charge in [0.05, 0.1) is 0 Å². The molecule has 0 rings (SSSR count). The van der Waals surface area contributed by atoms with Crippen LogP contribution in [0, 0.1) is 0 Å². The van der Waals surface area contributed by atoms with E-state index in [0.717, 1.165) is 39.2 Å². The molecule has 0 atom stereocenters. The Bertz CT molecular complexity index is 88.6. The Morgan fingerprint density at radius 2 is 2.08 bits per heavy atom. The maximum Gasteiger partial charge on any atom is 0.0474 e. The molecule has 0 aliphatic heterocycles. The minimum atomic E-state index is 0.858. The molecule has 1 N–H and O–H groups in total. The molecule has 0 bridgehead atoms. The van der Waals surface area contributed by atoms with Crippen LogP contribution in [0.15, 0.2) is 0 Å². The standard InChI is InChI=1S/C9H22N2O/c1-4-11(2)8-7-10-6-5-9-12-3/h10H,4-9H2,1-3H3. The van der Waals surface area contributed by atoms with Gasteiger partial charge in [0.1, 0.15) is 0 Å². The van der Waals surface area contributed by atoms with Gasteiger partial charge < -0.3 is 15.0 Å². The van der Waals surface area contributed by atoms with E-state index in [9.17, 15) is 0 Å². The maximum atomic E-state index is 4.94. The quantitative estimate of drug-likeness (QED) is 0.544. The topological polar surface area (TPSA) is 24.5 Å². The number of nitrogens with zero attached hydrogens (tertiary/aromatic N) is 1. The van der Waals surface area contributed by atoms with E-state index in [-0.39, 0.29) is 0 Å². The van der Waals surface area contributed by atoms with Crippen LogP contribution in [-0.4, -0.2) is 51.8 Å². The van der Waals surface area contributed by atoms with Gasteiger partial charge in [0.2, 0.25) is 0 Å². The molecule has 0 aromatic heterocycles. The monoisotopic (exact) mass is 174 g/mol. The smallest absolute Gasteiger partial charge is 0.0474 e. The zero-order valence-electron chi connectivity index (χ0n) is 8.60. The Hall–Kier alpha value is -0.120. The van der Waals surface area contributed by atoms with Crippen LogP contribution in [0.25, 0.3) is 0 Å². The first-order chi connectivity index (χ1) is 5.81. The fraction of sp³-hybridized carbons (Fsp3) is 1.00. The number of hydrogen-bond acceptors (Lipinski definition) is 3. The lowest BCUT2D eigenvalue weighted by Crippen LogP contribution is -2.29. The summed E-state index contributed by atoms with van der Waals surface area (Å²) >= 11 is 0. The van der Waals surface area contributed by atoms with Gasteiger partial charge in [-0.2, -0.15) is 0 Å². The predicted octanol–water partition coefficient (Wildman–Crippen LogP) is 0.564. The van der Waals surface area contributed by atoms with Crippen molar-refractivity contribution in [2.75, 3.05) is 46.9 Å². The summed E-state index contributed by atoms with van der Waals surface area (Å²) in [5.74, 6) is 0. The minimum absolute atomic E-state index is 0.858. The van der Waals surface area contributed by atoms with Crippen molar-refractivity contribution in [3.8, 4) is 0 Å². The van der Waals surface area contributed by atoms with Gasteiger partial charge in [-0.3, -0.25) is 0 Å². The van der Waals surface area contributed by atoms with E-state index in [1.807, 2.05) is 0 Å². The van der Waals surface area contributed by atoms with Gasteiger partial charge in [0, 0.05) is 26.8 Å². The van der Waals surface area contributed by atoms with Crippen LogP contribution in [0.2, 0.25) is 0 Å². The zero-order valence-corrected chi connectivity index (χ0v) is 8.60. The molecule has 0 aromatic carbocycles. The highest BCUT2D eigenvalue weighted by Crippen LogP contribution is 1.79. The van der Waals surface area contributed by atoms with Gasteiger partial charge >= 0.3 is 0 Å². The van der Waals surface area contributed by atoms with Crippen molar-refractivity contribution in [3.63, 3.8) is 0 Å². The first-order valence-corrected chi connectivity index (χ1v) is 4.69. The molecule has 3 heteroatoms. The molecule has 0 unspecified atom stereocenters. The van der Waals surface area contributed by atoms with Gasteiger partial charge in [-0.15, -0.1) is 0 Å². The molecule has 0 aliphatic rings. The van der Waals surface area contributed by atoms with Crippen molar-refractivity contribution in [2.45, 2.75) is 13.3 Å². The summed E-state index contributed by atoms with van der Waals surface area (Å²) in [5, 5.41) is 3.36. The normalized spacial score (nSPS) is 11.0. The third kappa shape index (κ3) is 7.98. The van der Waals surface area contributed by atoms with Crippen molar-refractivity contribution < 1.29 is 4.74 Å². The highest BCUT2D eigenvalue weighted by Gasteiger charge is 1.92. The summed E-state index contributed by atoms with van der Waals surface area (Å²) in [5.41, 5.74) is 0. The fourth-order valence-electron chi connectivity index (χ4n) is 0.895. The third-order valence-corrected chi connectivity index (χ3v) is 1.91. The van der Waals surface area contributed by atoms with Crippen molar-refractivity contribution in [1.29, 1.82) is 0 Å². The number of nitrogens with one attached hydrogen (secondary N) is 1. The Morgan fingerprint density at radius 1 is 1.33 bits per heavy atom. The molecule has 0 saturated heterocycles. The van der Waals surface area contributed by atoms with Crippen LogP contribution < -0.4 is 5.32 Å². The lowest BCUT2D eigenvalue weighted by Gasteiger charge is -2.13. The van der Waals surface area contributed by atoms with Gasteiger partial charge in [0.25, 0.3) is 0 Å². The van der Waals surface area contributed by atoms with Gasteiger partial charge in [0.15, 0.2) is 0 Å². The summed E-state index contributed by atoms with van der Waals surface area (Å²) < 4.78 is 4.94. The average Bonchev–Trinajstić information content (AvgIpc) is 2.10. The summed E-state index contributed by atoms with van der Waals surface area (Å²) in [6, 6.07) is 0. The fourth-order valence-corrected chi connectivity index (χ4v) is 0.895. The van der Waals surface area contributed by atoms with E-state index in [4.69, 9.17) is 4.74 Å². The van der Waals surface area contributed by atoms with Crippen LogP contribution in [0.5, 0.6) is 0 Å². The van der Waals surface area contributed by atoms with Crippen LogP contribution in [0.4, 0.5) is 0 Å². The number of likely N-dealkylation sites (N-methyl/N-ethyl adjacent to an activating group) is 1. The molecular weight excluding hydrogens is 152 g/mol. The lowest BCUT2D eigenvalue weighted by atomic mass is 10.4. The largest absolute Gasteiger partial charge is 0.385 e. The number of methoxy groups -OCH3 is 1. The predicted molar refractivity (Wildman–Crippen MR) is 52.5 cm³/mol. The van der Waals surface area contributed by atoms with Crippen LogP contribution in [0.3, 0.4) is 0 Å². The third-order valence-electron chi connectivity index (χ3n) is 1.91. The molecule has 0 aromatic rings. The zero-order chi connectivity index (χ0) is 9.23. The molecule has 0 amide bonds. The summed E-state index contributed by atoms with van der Waals surface area (Å²) in [6.07, 6.45) is 1.10. The number of rotatable bonds is 8. The SMILES string of the molecule is CCN(C)CCNCCCOC. The van der Waals surface area contributed by atoms with Gasteiger partial charge in [-0.05, 0) is 26.6 Å². The lowest BCUT2D eigenvalue weighted by molar-refractivity contribution is 0.194. The Morgan fingerprint density at radius 3 is 2.67 bits per heavy atom. The Kier molecular flexibility index (Phi) is 8.88. The molecule has 0 spiro atoms. The van der Waals surface area contributed by atoms with E-state index in [2.05, 4.69) is 24.2 Å². The van der Waals surface area contributed by atoms with Crippen molar-refractivity contribution in [2.24, 2.45) is 0 Å². The van der Waals surface area contributed by atoms with E-state index in [1.54, 1.807) is 7.11 Å². The van der Waals surface area contributed by atoms with E-state index in [0.29, 0.717) is 0 Å². The van der Waals surface area contributed by atoms with Crippen LogP contribution in [-0.2, 0) is 4.74 Å². The summed E-state index contributed by atoms with van der Waals surface area (Å²) in [7, 11) is 3.88. The molecule has 74 valence electrons. The second-order valence-electron chi connectivity index (χ2n) is 2.99. The molecule has 12 heavy (non-hydrogen) atoms. The van der Waals surface area contributed by atoms with E-state index in [1.165, 1.54) is 0 Å².